The van der Waals surface area contributed by atoms with Gasteiger partial charge in [0.25, 0.3) is 10.1 Å². The van der Waals surface area contributed by atoms with Crippen molar-refractivity contribution in [2.75, 3.05) is 0 Å². The maximum absolute atomic E-state index is 10.9. The number of hydrogen-bond donors (Lipinski definition) is 4. The van der Waals surface area contributed by atoms with Crippen LogP contribution in [0.15, 0.2) is 47.4 Å². The van der Waals surface area contributed by atoms with Crippen LogP contribution >= 0.6 is 0 Å². The normalized spacial score (nSPS) is 9.97. The predicted molar refractivity (Wildman–Crippen MR) is 87.9 cm³/mol. The van der Waals surface area contributed by atoms with Crippen molar-refractivity contribution in [1.29, 1.82) is 0 Å². The van der Waals surface area contributed by atoms with Gasteiger partial charge in [-0.2, -0.15) is 8.42 Å². The fourth-order valence-corrected chi connectivity index (χ4v) is 2.87. The van der Waals surface area contributed by atoms with Crippen molar-refractivity contribution >= 4 is 34.0 Å². The molecule has 0 fully saturated rings. The molecule has 2 rings (SSSR count). The van der Waals surface area contributed by atoms with E-state index in [-0.39, 0.29) is 30.0 Å². The molecule has 0 saturated carbocycles. The molecule has 0 bridgehead atoms. The Bertz CT molecular complexity index is 995. The summed E-state index contributed by atoms with van der Waals surface area (Å²) in [7, 11) is -4.92. The fraction of sp³-hybridized carbons (Fsp3) is 0. The van der Waals surface area contributed by atoms with Crippen molar-refractivity contribution in [1.82, 2.24) is 0 Å². The number of carboxylic acid groups (broad SMARTS) is 4. The summed E-state index contributed by atoms with van der Waals surface area (Å²) in [5, 5.41) is 36.2. The topological polar surface area (TPSA) is 206 Å². The van der Waals surface area contributed by atoms with E-state index in [4.69, 9.17) is 19.9 Å². The first-order valence-electron chi connectivity index (χ1n) is 6.98. The van der Waals surface area contributed by atoms with E-state index < -0.39 is 50.0 Å². The summed E-state index contributed by atoms with van der Waals surface area (Å²) < 4.78 is 30.6. The Morgan fingerprint density at radius 3 is 1.31 bits per heavy atom. The Labute approximate surface area is 175 Å². The van der Waals surface area contributed by atoms with Crippen molar-refractivity contribution in [3.63, 3.8) is 0 Å². The first-order valence-corrected chi connectivity index (χ1v) is 8.42. The summed E-state index contributed by atoms with van der Waals surface area (Å²) in [6, 6.07) is 8.15. The van der Waals surface area contributed by atoms with Crippen LogP contribution in [0.3, 0.4) is 0 Å². The second-order valence-corrected chi connectivity index (χ2v) is 6.26. The van der Waals surface area contributed by atoms with Crippen LogP contribution in [0.4, 0.5) is 0 Å². The molecule has 148 valence electrons. The zero-order valence-electron chi connectivity index (χ0n) is 14.6. The Morgan fingerprint density at radius 2 is 1.03 bits per heavy atom. The molecule has 0 saturated heterocycles. The first kappa shape index (κ1) is 25.8. The van der Waals surface area contributed by atoms with Crippen molar-refractivity contribution in [2.24, 2.45) is 0 Å². The molecule has 0 aliphatic rings. The molecule has 0 atom stereocenters. The number of hydrogen-bond acceptors (Lipinski definition) is 7. The van der Waals surface area contributed by atoms with E-state index >= 15 is 0 Å². The number of carbonyl (C=O) groups excluding carboxylic acids is 1. The van der Waals surface area contributed by atoms with E-state index in [2.05, 4.69) is 0 Å². The van der Waals surface area contributed by atoms with Crippen LogP contribution in [-0.2, 0) is 10.1 Å². The number of carboxylic acids is 4. The van der Waals surface area contributed by atoms with Crippen molar-refractivity contribution in [3.8, 4) is 0 Å². The van der Waals surface area contributed by atoms with E-state index in [9.17, 15) is 32.7 Å². The zero-order chi connectivity index (χ0) is 21.6. The van der Waals surface area contributed by atoms with Crippen LogP contribution in [0, 0.1) is 0 Å². The molecule has 0 unspecified atom stereocenters. The third-order valence-corrected chi connectivity index (χ3v) is 4.07. The minimum absolute atomic E-state index is 0. The third-order valence-electron chi connectivity index (χ3n) is 3.11. The molecule has 0 radical (unpaired) electrons. The zero-order valence-corrected chi connectivity index (χ0v) is 15.4. The Hall–Kier alpha value is -3.17. The van der Waals surface area contributed by atoms with Gasteiger partial charge in [0.15, 0.2) is 0 Å². The van der Waals surface area contributed by atoms with Crippen LogP contribution in [0.1, 0.15) is 41.4 Å². The molecule has 0 aromatic heterocycles. The summed E-state index contributed by atoms with van der Waals surface area (Å²) in [6.07, 6.45) is 0. The summed E-state index contributed by atoms with van der Waals surface area (Å²) in [4.78, 5) is 41.0. The molecule has 0 aliphatic carbocycles. The van der Waals surface area contributed by atoms with Crippen LogP contribution in [0.2, 0.25) is 0 Å². The van der Waals surface area contributed by atoms with Crippen LogP contribution in [0.5, 0.6) is 0 Å². The number of rotatable bonds is 5. The van der Waals surface area contributed by atoms with Gasteiger partial charge >= 0.3 is 36.8 Å². The van der Waals surface area contributed by atoms with Gasteiger partial charge in [0.05, 0.1) is 22.7 Å². The SMILES string of the molecule is O=C(O)c1cccc(C(=O)O)c1S(=O)(=O)O.O=C([O-])c1ccccc1C(=O)O.[Li+]. The second-order valence-electron chi connectivity index (χ2n) is 4.91. The van der Waals surface area contributed by atoms with Gasteiger partial charge in [-0.1, -0.05) is 24.3 Å². The molecule has 2 aromatic carbocycles. The van der Waals surface area contributed by atoms with Crippen LogP contribution in [-0.4, -0.2) is 52.2 Å². The Kier molecular flexibility index (Phi) is 9.26. The molecular formula is C16H11LiO11S. The molecule has 0 spiro atoms. The molecule has 0 aliphatic heterocycles. The molecular weight excluding hydrogens is 407 g/mol. The summed E-state index contributed by atoms with van der Waals surface area (Å²) >= 11 is 0. The average Bonchev–Trinajstić information content (AvgIpc) is 2.60. The number of aromatic carboxylic acids is 4. The van der Waals surface area contributed by atoms with E-state index in [1.807, 2.05) is 0 Å². The molecule has 13 heteroatoms. The average molecular weight is 418 g/mol. The molecule has 4 N–H and O–H groups in total. The maximum Gasteiger partial charge on any atom is 1.00 e. The van der Waals surface area contributed by atoms with Gasteiger partial charge in [-0.15, -0.1) is 0 Å². The molecule has 2 aromatic rings. The summed E-state index contributed by atoms with van der Waals surface area (Å²) in [5.41, 5.74) is -2.13. The van der Waals surface area contributed by atoms with E-state index in [1.54, 1.807) is 0 Å². The van der Waals surface area contributed by atoms with Crippen molar-refractivity contribution in [2.45, 2.75) is 4.90 Å². The fourth-order valence-electron chi connectivity index (χ4n) is 2.00. The van der Waals surface area contributed by atoms with Crippen LogP contribution in [0.25, 0.3) is 0 Å². The van der Waals surface area contributed by atoms with Gasteiger partial charge in [-0.25, -0.2) is 14.4 Å². The predicted octanol–water partition coefficient (Wildman–Crippen LogP) is -2.92. The van der Waals surface area contributed by atoms with Crippen molar-refractivity contribution < 1.29 is 71.4 Å². The number of benzene rings is 2. The number of carbonyl (C=O) groups is 4. The summed E-state index contributed by atoms with van der Waals surface area (Å²) in [6.45, 7) is 0. The van der Waals surface area contributed by atoms with Gasteiger partial charge in [0.1, 0.15) is 4.90 Å². The molecule has 0 heterocycles. The van der Waals surface area contributed by atoms with E-state index in [1.165, 1.54) is 24.3 Å². The van der Waals surface area contributed by atoms with Gasteiger partial charge in [0.2, 0.25) is 0 Å². The van der Waals surface area contributed by atoms with Gasteiger partial charge < -0.3 is 25.2 Å². The van der Waals surface area contributed by atoms with Crippen LogP contribution < -0.4 is 24.0 Å². The molecule has 0 amide bonds. The first-order chi connectivity index (χ1) is 12.9. The molecule has 29 heavy (non-hydrogen) atoms. The Balaban J connectivity index is 0.000000542. The minimum Gasteiger partial charge on any atom is -0.545 e. The summed E-state index contributed by atoms with van der Waals surface area (Å²) in [5.74, 6) is -6.03. The standard InChI is InChI=1S/C8H6O7S.C8H6O4.Li/c9-7(10)4-2-1-3-5(8(11)12)6(4)16(13,14)15;9-7(10)5-3-1-2-4-6(5)8(11)12;/h1-3H,(H,9,10)(H,11,12)(H,13,14,15);1-4H,(H,9,10)(H,11,12);/q;;+1/p-1. The minimum atomic E-state index is -4.92. The molecule has 11 nitrogen and oxygen atoms in total. The largest absolute Gasteiger partial charge is 1.00 e. The third kappa shape index (κ3) is 6.74. The quantitative estimate of drug-likeness (QED) is 0.286. The monoisotopic (exact) mass is 418 g/mol. The smallest absolute Gasteiger partial charge is 0.545 e. The maximum atomic E-state index is 10.9. The second kappa shape index (κ2) is 10.4. The van der Waals surface area contributed by atoms with Gasteiger partial charge in [-0.05, 0) is 18.2 Å². The van der Waals surface area contributed by atoms with Gasteiger partial charge in [0, 0.05) is 5.56 Å². The van der Waals surface area contributed by atoms with E-state index in [0.29, 0.717) is 0 Å². The Morgan fingerprint density at radius 1 is 0.690 bits per heavy atom. The van der Waals surface area contributed by atoms with Crippen molar-refractivity contribution in [3.05, 3.63) is 64.7 Å². The van der Waals surface area contributed by atoms with E-state index in [0.717, 1.165) is 18.2 Å². The van der Waals surface area contributed by atoms with Gasteiger partial charge in [-0.3, -0.25) is 4.55 Å².